The third-order valence-electron chi connectivity index (χ3n) is 5.98. The maximum absolute atomic E-state index is 12.7. The normalized spacial score (nSPS) is 18.0. The number of nitrogens with one attached hydrogen (secondary N) is 1. The smallest absolute Gasteiger partial charge is 0.227 e. The Morgan fingerprint density at radius 3 is 2.14 bits per heavy atom. The minimum Gasteiger partial charge on any atom is -0.372 e. The summed E-state index contributed by atoms with van der Waals surface area (Å²) in [5.41, 5.74) is 4.11. The fourth-order valence-electron chi connectivity index (χ4n) is 4.34. The zero-order valence-electron chi connectivity index (χ0n) is 17.5. The van der Waals surface area contributed by atoms with Crippen molar-refractivity contribution in [3.63, 3.8) is 0 Å². The lowest BCUT2D eigenvalue weighted by Crippen LogP contribution is -2.39. The lowest BCUT2D eigenvalue weighted by molar-refractivity contribution is -0.120. The lowest BCUT2D eigenvalue weighted by Gasteiger charge is -2.31. The summed E-state index contributed by atoms with van der Waals surface area (Å²) < 4.78 is 0. The van der Waals surface area contributed by atoms with Gasteiger partial charge < -0.3 is 15.1 Å². The van der Waals surface area contributed by atoms with E-state index in [-0.39, 0.29) is 11.8 Å². The van der Waals surface area contributed by atoms with Gasteiger partial charge >= 0.3 is 0 Å². The number of carbonyl (C=O) groups is 1. The standard InChI is InChI=1S/C23H31N5O/c1-17-16-18(2)25-23(24-17)28-14-10-19(11-15-28)22(29)26-20-6-8-21(9-7-20)27-12-4-3-5-13-27/h6-9,16,19H,3-5,10-15H2,1-2H3,(H,26,29). The molecule has 6 nitrogen and oxygen atoms in total. The van der Waals surface area contributed by atoms with E-state index in [0.29, 0.717) is 0 Å². The van der Waals surface area contributed by atoms with Crippen LogP contribution in [0.5, 0.6) is 0 Å². The molecule has 0 spiro atoms. The zero-order chi connectivity index (χ0) is 20.2. The summed E-state index contributed by atoms with van der Waals surface area (Å²) in [7, 11) is 0. The van der Waals surface area contributed by atoms with Crippen molar-refractivity contribution in [3.05, 3.63) is 41.7 Å². The van der Waals surface area contributed by atoms with Gasteiger partial charge in [-0.1, -0.05) is 0 Å². The Kier molecular flexibility index (Phi) is 5.97. The second-order valence-electron chi connectivity index (χ2n) is 8.30. The maximum atomic E-state index is 12.7. The molecule has 154 valence electrons. The van der Waals surface area contributed by atoms with Crippen molar-refractivity contribution < 1.29 is 4.79 Å². The third kappa shape index (κ3) is 4.86. The van der Waals surface area contributed by atoms with Crippen LogP contribution >= 0.6 is 0 Å². The highest BCUT2D eigenvalue weighted by molar-refractivity contribution is 5.92. The van der Waals surface area contributed by atoms with Gasteiger partial charge in [-0.2, -0.15) is 0 Å². The summed E-state index contributed by atoms with van der Waals surface area (Å²) in [6.45, 7) is 7.89. The van der Waals surface area contributed by atoms with Crippen molar-refractivity contribution in [1.82, 2.24) is 9.97 Å². The molecular formula is C23H31N5O. The molecule has 0 radical (unpaired) electrons. The molecule has 0 atom stereocenters. The van der Waals surface area contributed by atoms with Crippen molar-refractivity contribution >= 4 is 23.2 Å². The van der Waals surface area contributed by atoms with Crippen LogP contribution in [0.15, 0.2) is 30.3 Å². The van der Waals surface area contributed by atoms with E-state index in [4.69, 9.17) is 0 Å². The van der Waals surface area contributed by atoms with E-state index in [1.54, 1.807) is 0 Å². The van der Waals surface area contributed by atoms with Gasteiger partial charge in [-0.25, -0.2) is 9.97 Å². The molecule has 1 N–H and O–H groups in total. The molecule has 4 rings (SSSR count). The Morgan fingerprint density at radius 1 is 0.897 bits per heavy atom. The minimum absolute atomic E-state index is 0.0407. The molecule has 0 bridgehead atoms. The van der Waals surface area contributed by atoms with Crippen molar-refractivity contribution in [1.29, 1.82) is 0 Å². The Morgan fingerprint density at radius 2 is 1.52 bits per heavy atom. The summed E-state index contributed by atoms with van der Waals surface area (Å²) in [6.07, 6.45) is 5.52. The van der Waals surface area contributed by atoms with Crippen LogP contribution in [-0.4, -0.2) is 42.1 Å². The Hall–Kier alpha value is -2.63. The Labute approximate surface area is 173 Å². The quantitative estimate of drug-likeness (QED) is 0.853. The molecule has 29 heavy (non-hydrogen) atoms. The molecule has 2 saturated heterocycles. The predicted octanol–water partition coefficient (Wildman–Crippen LogP) is 3.94. The van der Waals surface area contributed by atoms with Gasteiger partial charge in [0.25, 0.3) is 0 Å². The summed E-state index contributed by atoms with van der Waals surface area (Å²) in [5, 5.41) is 3.11. The first kappa shape index (κ1) is 19.7. The van der Waals surface area contributed by atoms with Crippen LogP contribution in [-0.2, 0) is 4.79 Å². The third-order valence-corrected chi connectivity index (χ3v) is 5.98. The van der Waals surface area contributed by atoms with E-state index in [9.17, 15) is 4.79 Å². The molecule has 2 aromatic rings. The maximum Gasteiger partial charge on any atom is 0.227 e. The Bertz CT molecular complexity index is 817. The van der Waals surface area contributed by atoms with Crippen LogP contribution in [0.4, 0.5) is 17.3 Å². The molecule has 6 heteroatoms. The van der Waals surface area contributed by atoms with Crippen molar-refractivity contribution in [2.24, 2.45) is 5.92 Å². The number of piperidine rings is 2. The number of amides is 1. The molecule has 2 aliphatic rings. The fraction of sp³-hybridized carbons (Fsp3) is 0.522. The van der Waals surface area contributed by atoms with E-state index in [0.717, 1.165) is 62.0 Å². The predicted molar refractivity (Wildman–Crippen MR) is 118 cm³/mol. The highest BCUT2D eigenvalue weighted by atomic mass is 16.1. The highest BCUT2D eigenvalue weighted by Gasteiger charge is 2.26. The number of carbonyl (C=O) groups excluding carboxylic acids is 1. The summed E-state index contributed by atoms with van der Waals surface area (Å²) >= 11 is 0. The molecule has 1 aromatic heterocycles. The fourth-order valence-corrected chi connectivity index (χ4v) is 4.34. The average Bonchev–Trinajstić information content (AvgIpc) is 2.74. The number of benzene rings is 1. The van der Waals surface area contributed by atoms with Gasteiger partial charge in [0, 0.05) is 54.9 Å². The molecule has 0 unspecified atom stereocenters. The molecule has 2 fully saturated rings. The van der Waals surface area contributed by atoms with Crippen LogP contribution in [0.25, 0.3) is 0 Å². The first-order valence-electron chi connectivity index (χ1n) is 10.8. The van der Waals surface area contributed by atoms with E-state index in [2.05, 4.69) is 37.2 Å². The average molecular weight is 394 g/mol. The van der Waals surface area contributed by atoms with E-state index in [1.165, 1.54) is 24.9 Å². The molecule has 1 amide bonds. The molecule has 0 saturated carbocycles. The van der Waals surface area contributed by atoms with Crippen LogP contribution in [0.1, 0.15) is 43.5 Å². The van der Waals surface area contributed by atoms with Gasteiger partial charge in [0.1, 0.15) is 0 Å². The number of hydrogen-bond donors (Lipinski definition) is 1. The summed E-state index contributed by atoms with van der Waals surface area (Å²) in [6, 6.07) is 10.3. The van der Waals surface area contributed by atoms with Crippen LogP contribution in [0.3, 0.4) is 0 Å². The van der Waals surface area contributed by atoms with Crippen molar-refractivity contribution in [3.8, 4) is 0 Å². The molecular weight excluding hydrogens is 362 g/mol. The van der Waals surface area contributed by atoms with Crippen molar-refractivity contribution in [2.45, 2.75) is 46.0 Å². The Balaban J connectivity index is 1.30. The first-order valence-corrected chi connectivity index (χ1v) is 10.8. The molecule has 0 aliphatic carbocycles. The molecule has 2 aliphatic heterocycles. The van der Waals surface area contributed by atoms with Gasteiger partial charge in [-0.3, -0.25) is 4.79 Å². The summed E-state index contributed by atoms with van der Waals surface area (Å²) in [4.78, 5) is 26.5. The van der Waals surface area contributed by atoms with Gasteiger partial charge in [0.15, 0.2) is 0 Å². The number of hydrogen-bond acceptors (Lipinski definition) is 5. The molecule has 3 heterocycles. The first-order chi connectivity index (χ1) is 14.1. The number of nitrogens with zero attached hydrogens (tertiary/aromatic N) is 4. The van der Waals surface area contributed by atoms with Gasteiger partial charge in [0.2, 0.25) is 11.9 Å². The number of rotatable bonds is 4. The minimum atomic E-state index is 0.0407. The SMILES string of the molecule is Cc1cc(C)nc(N2CCC(C(=O)Nc3ccc(N4CCCCC4)cc3)CC2)n1. The van der Waals surface area contributed by atoms with Crippen molar-refractivity contribution in [2.75, 3.05) is 41.3 Å². The van der Waals surface area contributed by atoms with Crippen LogP contribution < -0.4 is 15.1 Å². The number of anilines is 3. The van der Waals surface area contributed by atoms with Crippen LogP contribution in [0.2, 0.25) is 0 Å². The van der Waals surface area contributed by atoms with E-state index < -0.39 is 0 Å². The largest absolute Gasteiger partial charge is 0.372 e. The van der Waals surface area contributed by atoms with Gasteiger partial charge in [-0.15, -0.1) is 0 Å². The highest BCUT2D eigenvalue weighted by Crippen LogP contribution is 2.25. The van der Waals surface area contributed by atoms with E-state index in [1.807, 2.05) is 32.0 Å². The molecule has 1 aromatic carbocycles. The van der Waals surface area contributed by atoms with Gasteiger partial charge in [-0.05, 0) is 76.3 Å². The lowest BCUT2D eigenvalue weighted by atomic mass is 9.96. The zero-order valence-corrected chi connectivity index (χ0v) is 17.5. The van der Waals surface area contributed by atoms with E-state index >= 15 is 0 Å². The monoisotopic (exact) mass is 393 g/mol. The second-order valence-corrected chi connectivity index (χ2v) is 8.30. The number of aromatic nitrogens is 2. The topological polar surface area (TPSA) is 61.4 Å². The number of aryl methyl sites for hydroxylation is 2. The van der Waals surface area contributed by atoms with Gasteiger partial charge in [0.05, 0.1) is 0 Å². The van der Waals surface area contributed by atoms with Crippen LogP contribution in [0, 0.1) is 19.8 Å². The summed E-state index contributed by atoms with van der Waals surface area (Å²) in [5.74, 6) is 0.949. The second kappa shape index (κ2) is 8.80.